The van der Waals surface area contributed by atoms with Crippen LogP contribution in [0.3, 0.4) is 0 Å². The van der Waals surface area contributed by atoms with Crippen molar-refractivity contribution in [2.45, 2.75) is 46.9 Å². The van der Waals surface area contributed by atoms with Crippen molar-refractivity contribution >= 4 is 34.4 Å². The monoisotopic (exact) mass is 497 g/mol. The molecule has 3 heterocycles. The predicted molar refractivity (Wildman–Crippen MR) is 112 cm³/mol. The number of nitrogens with zero attached hydrogens (tertiary/aromatic N) is 1. The van der Waals surface area contributed by atoms with Crippen molar-refractivity contribution in [3.8, 4) is 0 Å². The number of halogens is 2. The van der Waals surface area contributed by atoms with Crippen molar-refractivity contribution in [1.29, 1.82) is 0 Å². The molecule has 6 heteroatoms. The van der Waals surface area contributed by atoms with Crippen LogP contribution in [-0.2, 0) is 4.74 Å². The van der Waals surface area contributed by atoms with Crippen LogP contribution in [0.15, 0.2) is 46.2 Å². The molecule has 27 heavy (non-hydrogen) atoms. The maximum Gasteiger partial charge on any atom is 0.123 e. The summed E-state index contributed by atoms with van der Waals surface area (Å²) < 4.78 is 21.8. The average molecular weight is 497 g/mol. The average Bonchev–Trinajstić information content (AvgIpc) is 3.21. The van der Waals surface area contributed by atoms with Gasteiger partial charge in [0.15, 0.2) is 0 Å². The summed E-state index contributed by atoms with van der Waals surface area (Å²) in [6.45, 7) is 2.48. The number of rotatable bonds is 2. The maximum atomic E-state index is 14.0. The topological polar surface area (TPSA) is 32.7 Å². The van der Waals surface area contributed by atoms with Gasteiger partial charge in [-0.05, 0) is 83.0 Å². The van der Waals surface area contributed by atoms with Crippen molar-refractivity contribution in [1.82, 2.24) is 4.90 Å². The summed E-state index contributed by atoms with van der Waals surface area (Å²) in [5, 5.41) is 9.81. The number of ether oxygens (including phenoxy) is 1. The van der Waals surface area contributed by atoms with Crippen LogP contribution in [0.1, 0.15) is 36.0 Å². The van der Waals surface area contributed by atoms with Crippen molar-refractivity contribution in [3.05, 3.63) is 56.9 Å². The zero-order valence-corrected chi connectivity index (χ0v) is 17.7. The second-order valence-corrected chi connectivity index (χ2v) is 10.0. The second kappa shape index (κ2) is 7.30. The van der Waals surface area contributed by atoms with Crippen LogP contribution in [0.25, 0.3) is 0 Å². The molecule has 0 saturated carbocycles. The lowest BCUT2D eigenvalue weighted by atomic mass is 9.87. The van der Waals surface area contributed by atoms with E-state index >= 15 is 0 Å². The van der Waals surface area contributed by atoms with Crippen molar-refractivity contribution in [3.63, 3.8) is 0 Å². The molecule has 0 bridgehead atoms. The van der Waals surface area contributed by atoms with E-state index < -0.39 is 0 Å². The van der Waals surface area contributed by atoms with E-state index in [-0.39, 0.29) is 30.0 Å². The molecule has 0 aromatic heterocycles. The molecule has 3 aliphatic rings. The Labute approximate surface area is 176 Å². The normalized spacial score (nSPS) is 29.9. The number of hydrogen-bond acceptors (Lipinski definition) is 4. The minimum Gasteiger partial charge on any atom is -0.392 e. The quantitative estimate of drug-likeness (QED) is 0.617. The first-order valence-electron chi connectivity index (χ1n) is 9.39. The van der Waals surface area contributed by atoms with Gasteiger partial charge in [0.1, 0.15) is 5.82 Å². The lowest BCUT2D eigenvalue weighted by Crippen LogP contribution is -2.31. The van der Waals surface area contributed by atoms with Crippen LogP contribution in [-0.4, -0.2) is 41.8 Å². The van der Waals surface area contributed by atoms with Crippen LogP contribution in [0.4, 0.5) is 4.39 Å². The van der Waals surface area contributed by atoms with Crippen molar-refractivity contribution in [2.75, 3.05) is 19.6 Å². The predicted octanol–water partition coefficient (Wildman–Crippen LogP) is 4.58. The molecule has 3 aliphatic heterocycles. The van der Waals surface area contributed by atoms with Gasteiger partial charge in [0.05, 0.1) is 18.3 Å². The van der Waals surface area contributed by atoms with Gasteiger partial charge in [0.2, 0.25) is 0 Å². The standard InChI is InChI=1S/C21H21FINO2S/c22-12-1-3-20-18(7-12)21-17(16-8-13(23)2-4-19(16)27-20)9-15(26-21)11-24-6-5-14(25)10-24/h1-4,7-8,14-15,17,21,25H,5-6,9-11H2/t14?,15-,17+,21+/m0/s1. The molecule has 3 nitrogen and oxygen atoms in total. The fourth-order valence-corrected chi connectivity index (χ4v) is 6.23. The number of fused-ring (bicyclic) bond motifs is 5. The lowest BCUT2D eigenvalue weighted by Gasteiger charge is -2.21. The largest absolute Gasteiger partial charge is 0.392 e. The minimum absolute atomic E-state index is 0.107. The van der Waals surface area contributed by atoms with Crippen LogP contribution < -0.4 is 0 Å². The van der Waals surface area contributed by atoms with Gasteiger partial charge in [-0.2, -0.15) is 0 Å². The van der Waals surface area contributed by atoms with Crippen LogP contribution in [0, 0.1) is 9.39 Å². The van der Waals surface area contributed by atoms with E-state index in [0.717, 1.165) is 42.9 Å². The van der Waals surface area contributed by atoms with Gasteiger partial charge in [-0.3, -0.25) is 4.90 Å². The molecular formula is C21H21FINO2S. The molecule has 2 fully saturated rings. The Balaban J connectivity index is 1.51. The molecule has 0 amide bonds. The summed E-state index contributed by atoms with van der Waals surface area (Å²) >= 11 is 4.08. The van der Waals surface area contributed by atoms with Crippen LogP contribution >= 0.6 is 34.4 Å². The van der Waals surface area contributed by atoms with Gasteiger partial charge in [0, 0.05) is 38.9 Å². The highest BCUT2D eigenvalue weighted by Gasteiger charge is 2.42. The molecule has 0 radical (unpaired) electrons. The Bertz CT molecular complexity index is 820. The van der Waals surface area contributed by atoms with Gasteiger partial charge >= 0.3 is 0 Å². The first-order valence-corrected chi connectivity index (χ1v) is 11.3. The smallest absolute Gasteiger partial charge is 0.123 e. The molecule has 1 N–H and O–H groups in total. The van der Waals surface area contributed by atoms with E-state index in [4.69, 9.17) is 4.74 Å². The van der Waals surface area contributed by atoms with Gasteiger partial charge in [0.25, 0.3) is 0 Å². The van der Waals surface area contributed by atoms with Gasteiger partial charge in [-0.25, -0.2) is 4.39 Å². The first-order chi connectivity index (χ1) is 13.1. The van der Waals surface area contributed by atoms with Gasteiger partial charge < -0.3 is 9.84 Å². The minimum atomic E-state index is -0.217. The SMILES string of the molecule is OC1CCN(C[C@@H]2C[C@@H]3c4cc(I)ccc4Sc4ccc(F)cc4[C@@H]3O2)C1. The van der Waals surface area contributed by atoms with Gasteiger partial charge in [-0.1, -0.05) is 11.8 Å². The van der Waals surface area contributed by atoms with Crippen molar-refractivity contribution in [2.24, 2.45) is 0 Å². The zero-order chi connectivity index (χ0) is 18.5. The third-order valence-electron chi connectivity index (χ3n) is 5.80. The Kier molecular flexibility index (Phi) is 4.96. The molecule has 0 aliphatic carbocycles. The highest BCUT2D eigenvalue weighted by Crippen LogP contribution is 2.53. The second-order valence-electron chi connectivity index (χ2n) is 7.69. The number of hydrogen-bond donors (Lipinski definition) is 1. The third kappa shape index (κ3) is 3.55. The first kappa shape index (κ1) is 18.4. The molecule has 2 aromatic rings. The highest BCUT2D eigenvalue weighted by molar-refractivity contribution is 14.1. The molecule has 5 rings (SSSR count). The number of aliphatic hydroxyl groups is 1. The Morgan fingerprint density at radius 3 is 2.81 bits per heavy atom. The van der Waals surface area contributed by atoms with E-state index in [2.05, 4.69) is 45.7 Å². The summed E-state index contributed by atoms with van der Waals surface area (Å²) in [5.41, 5.74) is 2.29. The fourth-order valence-electron chi connectivity index (χ4n) is 4.58. The molecule has 4 atom stereocenters. The maximum absolute atomic E-state index is 14.0. The van der Waals surface area contributed by atoms with E-state index in [1.165, 1.54) is 20.1 Å². The van der Waals surface area contributed by atoms with E-state index in [0.29, 0.717) is 0 Å². The molecule has 0 spiro atoms. The Morgan fingerprint density at radius 1 is 1.19 bits per heavy atom. The summed E-state index contributed by atoms with van der Waals surface area (Å²) in [6.07, 6.45) is 1.55. The van der Waals surface area contributed by atoms with Crippen LogP contribution in [0.2, 0.25) is 0 Å². The van der Waals surface area contributed by atoms with Crippen LogP contribution in [0.5, 0.6) is 0 Å². The highest BCUT2D eigenvalue weighted by atomic mass is 127. The summed E-state index contributed by atoms with van der Waals surface area (Å²) in [5.74, 6) is 0.0335. The summed E-state index contributed by atoms with van der Waals surface area (Å²) in [4.78, 5) is 4.62. The third-order valence-corrected chi connectivity index (χ3v) is 7.65. The molecule has 1 unspecified atom stereocenters. The number of benzene rings is 2. The van der Waals surface area contributed by atoms with E-state index in [9.17, 15) is 9.50 Å². The molecule has 2 aromatic carbocycles. The Hall–Kier alpha value is -0.670. The summed E-state index contributed by atoms with van der Waals surface area (Å²) in [6, 6.07) is 11.6. The number of β-amino-alcohol motifs (C(OH)–C–C–N with tert-alkyl or cyclic N) is 1. The fraction of sp³-hybridized carbons (Fsp3) is 0.429. The number of aliphatic hydroxyl groups excluding tert-OH is 1. The molecule has 142 valence electrons. The molecular weight excluding hydrogens is 476 g/mol. The van der Waals surface area contributed by atoms with E-state index in [1.54, 1.807) is 17.8 Å². The summed E-state index contributed by atoms with van der Waals surface area (Å²) in [7, 11) is 0. The molecule has 2 saturated heterocycles. The lowest BCUT2D eigenvalue weighted by molar-refractivity contribution is 0.0200. The van der Waals surface area contributed by atoms with Crippen molar-refractivity contribution < 1.29 is 14.2 Å². The number of likely N-dealkylation sites (tertiary alicyclic amines) is 1. The Morgan fingerprint density at radius 2 is 2.00 bits per heavy atom. The zero-order valence-electron chi connectivity index (χ0n) is 14.8. The van der Waals surface area contributed by atoms with Gasteiger partial charge in [-0.15, -0.1) is 0 Å². The van der Waals surface area contributed by atoms with E-state index in [1.807, 2.05) is 6.07 Å².